The number of piperazine rings is 1. The zero-order valence-corrected chi connectivity index (χ0v) is 12.5. The highest BCUT2D eigenvalue weighted by Gasteiger charge is 2.41. The first kappa shape index (κ1) is 15.8. The number of hydrogen-bond donors (Lipinski definition) is 1. The van der Waals surface area contributed by atoms with Crippen molar-refractivity contribution >= 4 is 23.6 Å². The Balaban J connectivity index is 2.11. The predicted octanol–water partition coefficient (Wildman–Crippen LogP) is 2.09. The van der Waals surface area contributed by atoms with E-state index in [1.54, 1.807) is 13.8 Å². The van der Waals surface area contributed by atoms with Crippen molar-refractivity contribution in [3.8, 4) is 0 Å². The van der Waals surface area contributed by atoms with Gasteiger partial charge in [-0.3, -0.25) is 9.59 Å². The average Bonchev–Trinajstić information content (AvgIpc) is 2.87. The van der Waals surface area contributed by atoms with Crippen molar-refractivity contribution < 1.29 is 22.8 Å². The van der Waals surface area contributed by atoms with Crippen LogP contribution in [-0.4, -0.2) is 41.1 Å². The molecule has 2 heterocycles. The maximum absolute atomic E-state index is 12.4. The first-order chi connectivity index (χ1) is 9.82. The number of hydrogen-bond acceptors (Lipinski definition) is 4. The molecule has 0 radical (unpaired) electrons. The van der Waals surface area contributed by atoms with Crippen LogP contribution in [0.4, 0.5) is 8.78 Å². The Labute approximate surface area is 125 Å². The zero-order valence-electron chi connectivity index (χ0n) is 11.7. The van der Waals surface area contributed by atoms with Gasteiger partial charge in [-0.1, -0.05) is 11.8 Å². The largest absolute Gasteiger partial charge is 0.455 e. The second kappa shape index (κ2) is 6.05. The first-order valence-electron chi connectivity index (χ1n) is 6.41. The lowest BCUT2D eigenvalue weighted by molar-refractivity contribution is -0.133. The van der Waals surface area contributed by atoms with E-state index in [9.17, 15) is 18.4 Å². The Morgan fingerprint density at radius 2 is 2.24 bits per heavy atom. The molecule has 116 valence electrons. The number of rotatable bonds is 4. The molecule has 0 atom stereocenters. The molecular weight excluding hydrogens is 302 g/mol. The van der Waals surface area contributed by atoms with E-state index >= 15 is 0 Å². The van der Waals surface area contributed by atoms with Crippen LogP contribution in [0.3, 0.4) is 0 Å². The van der Waals surface area contributed by atoms with Crippen LogP contribution in [0.2, 0.25) is 0 Å². The van der Waals surface area contributed by atoms with E-state index in [2.05, 4.69) is 5.32 Å². The highest BCUT2D eigenvalue weighted by Crippen LogP contribution is 2.24. The van der Waals surface area contributed by atoms with Gasteiger partial charge in [0, 0.05) is 13.1 Å². The van der Waals surface area contributed by atoms with Crippen LogP contribution < -0.4 is 5.32 Å². The van der Waals surface area contributed by atoms with Gasteiger partial charge in [0.25, 0.3) is 11.7 Å². The number of nitrogens with one attached hydrogen (secondary N) is 1. The van der Waals surface area contributed by atoms with E-state index in [4.69, 9.17) is 4.42 Å². The number of carbonyl (C=O) groups is 2. The molecule has 1 aliphatic rings. The Morgan fingerprint density at radius 1 is 1.52 bits per heavy atom. The number of thioether (sulfide) groups is 1. The summed E-state index contributed by atoms with van der Waals surface area (Å²) < 4.78 is 29.5. The van der Waals surface area contributed by atoms with Crippen LogP contribution in [0.25, 0.3) is 0 Å². The molecule has 2 amide bonds. The van der Waals surface area contributed by atoms with Gasteiger partial charge in [-0.25, -0.2) is 0 Å². The highest BCUT2D eigenvalue weighted by atomic mass is 32.2. The first-order valence-corrected chi connectivity index (χ1v) is 7.46. The molecule has 1 aliphatic heterocycles. The van der Waals surface area contributed by atoms with Crippen molar-refractivity contribution in [1.29, 1.82) is 0 Å². The minimum Gasteiger partial charge on any atom is -0.455 e. The maximum Gasteiger partial charge on any atom is 0.290 e. The van der Waals surface area contributed by atoms with Gasteiger partial charge < -0.3 is 14.6 Å². The van der Waals surface area contributed by atoms with E-state index in [0.717, 1.165) is 0 Å². The second-order valence-corrected chi connectivity index (χ2v) is 6.09. The maximum atomic E-state index is 12.4. The number of furan rings is 1. The molecule has 1 N–H and O–H groups in total. The molecule has 0 unspecified atom stereocenters. The molecule has 21 heavy (non-hydrogen) atoms. The summed E-state index contributed by atoms with van der Waals surface area (Å²) in [5.74, 6) is -2.77. The van der Waals surface area contributed by atoms with Crippen molar-refractivity contribution in [3.05, 3.63) is 23.7 Å². The van der Waals surface area contributed by atoms with Crippen LogP contribution in [-0.2, 0) is 10.5 Å². The highest BCUT2D eigenvalue weighted by molar-refractivity contribution is 7.98. The van der Waals surface area contributed by atoms with E-state index in [1.165, 1.54) is 17.0 Å². The Kier molecular flexibility index (Phi) is 4.55. The van der Waals surface area contributed by atoms with Crippen LogP contribution in [0, 0.1) is 0 Å². The molecule has 0 saturated carbocycles. The molecule has 5 nitrogen and oxygen atoms in total. The molecule has 8 heteroatoms. The molecule has 0 aliphatic carbocycles. The quantitative estimate of drug-likeness (QED) is 0.923. The van der Waals surface area contributed by atoms with Crippen molar-refractivity contribution in [2.45, 2.75) is 30.9 Å². The second-order valence-electron chi connectivity index (χ2n) is 5.11. The van der Waals surface area contributed by atoms with Crippen LogP contribution >= 0.6 is 11.8 Å². The summed E-state index contributed by atoms with van der Waals surface area (Å²) in [4.78, 5) is 25.7. The number of nitrogens with zero attached hydrogens (tertiary/aromatic N) is 1. The Bertz CT molecular complexity index is 545. The summed E-state index contributed by atoms with van der Waals surface area (Å²) in [6, 6.07) is 2.95. The van der Waals surface area contributed by atoms with Gasteiger partial charge in [-0.05, 0) is 26.0 Å². The van der Waals surface area contributed by atoms with Gasteiger partial charge in [-0.2, -0.15) is 8.78 Å². The molecule has 1 saturated heterocycles. The van der Waals surface area contributed by atoms with E-state index in [0.29, 0.717) is 30.6 Å². The van der Waals surface area contributed by atoms with Gasteiger partial charge >= 0.3 is 0 Å². The van der Waals surface area contributed by atoms with Crippen LogP contribution in [0.15, 0.2) is 16.5 Å². The molecule has 2 rings (SSSR count). The van der Waals surface area contributed by atoms with Crippen molar-refractivity contribution in [2.75, 3.05) is 13.1 Å². The molecule has 1 aromatic heterocycles. The van der Waals surface area contributed by atoms with Crippen molar-refractivity contribution in [3.63, 3.8) is 0 Å². The smallest absolute Gasteiger partial charge is 0.290 e. The summed E-state index contributed by atoms with van der Waals surface area (Å²) in [6.45, 7) is 4.05. The lowest BCUT2D eigenvalue weighted by Crippen LogP contribution is -2.63. The summed E-state index contributed by atoms with van der Waals surface area (Å²) in [7, 11) is 0. The zero-order chi connectivity index (χ0) is 15.6. The van der Waals surface area contributed by atoms with Gasteiger partial charge in [0.1, 0.15) is 11.3 Å². The normalized spacial score (nSPS) is 18.0. The third-order valence-electron chi connectivity index (χ3n) is 3.32. The van der Waals surface area contributed by atoms with Crippen molar-refractivity contribution in [1.82, 2.24) is 10.2 Å². The minimum atomic E-state index is -2.49. The van der Waals surface area contributed by atoms with E-state index in [-0.39, 0.29) is 17.4 Å². The summed E-state index contributed by atoms with van der Waals surface area (Å²) in [5.41, 5.74) is -0.972. The summed E-state index contributed by atoms with van der Waals surface area (Å²) in [6.07, 6.45) is 0. The fourth-order valence-corrected chi connectivity index (χ4v) is 2.55. The molecular formula is C13H16F2N2O3S. The third kappa shape index (κ3) is 3.37. The monoisotopic (exact) mass is 318 g/mol. The summed E-state index contributed by atoms with van der Waals surface area (Å²) >= 11 is 0.429. The SMILES string of the molecule is CC1(C)C(=O)NCCN1C(=O)c1ccc(CSC(F)F)o1. The standard InChI is InChI=1S/C13H16F2N2O3S/c1-13(2)11(19)16-5-6-17(13)10(18)9-4-3-8(20-9)7-21-12(14)15/h3-4,12H,5-7H2,1-2H3,(H,16,19). The van der Waals surface area contributed by atoms with Gasteiger partial charge in [0.15, 0.2) is 5.76 Å². The van der Waals surface area contributed by atoms with Crippen molar-refractivity contribution in [2.24, 2.45) is 0 Å². The topological polar surface area (TPSA) is 62.6 Å². The minimum absolute atomic E-state index is 0.00513. The molecule has 0 aromatic carbocycles. The predicted molar refractivity (Wildman–Crippen MR) is 74.1 cm³/mol. The van der Waals surface area contributed by atoms with E-state index < -0.39 is 17.2 Å². The number of alkyl halides is 2. The summed E-state index contributed by atoms with van der Waals surface area (Å²) in [5, 5.41) is 2.70. The number of carbonyl (C=O) groups excluding carboxylic acids is 2. The molecule has 0 spiro atoms. The molecule has 0 bridgehead atoms. The number of halogens is 2. The van der Waals surface area contributed by atoms with Gasteiger partial charge in [0.05, 0.1) is 5.75 Å². The van der Waals surface area contributed by atoms with Crippen LogP contribution in [0.1, 0.15) is 30.2 Å². The number of amides is 2. The average molecular weight is 318 g/mol. The Morgan fingerprint density at radius 3 is 2.90 bits per heavy atom. The lowest BCUT2D eigenvalue weighted by Gasteiger charge is -2.40. The van der Waals surface area contributed by atoms with Gasteiger partial charge in [-0.15, -0.1) is 0 Å². The van der Waals surface area contributed by atoms with Crippen LogP contribution in [0.5, 0.6) is 0 Å². The fraction of sp³-hybridized carbons (Fsp3) is 0.538. The molecule has 1 fully saturated rings. The van der Waals surface area contributed by atoms with Gasteiger partial charge in [0.2, 0.25) is 5.91 Å². The molecule has 1 aromatic rings. The lowest BCUT2D eigenvalue weighted by atomic mass is 9.98. The fourth-order valence-electron chi connectivity index (χ4n) is 2.10. The third-order valence-corrected chi connectivity index (χ3v) is 4.02. The van der Waals surface area contributed by atoms with E-state index in [1.807, 2.05) is 0 Å². The Hall–Kier alpha value is -1.57.